The van der Waals surface area contributed by atoms with Gasteiger partial charge in [0.05, 0.1) is 12.6 Å². The minimum atomic E-state index is -1.03. The molecule has 0 unspecified atom stereocenters. The molecule has 0 spiro atoms. The van der Waals surface area contributed by atoms with Crippen LogP contribution in [0.5, 0.6) is 17.2 Å². The molecule has 11 nitrogen and oxygen atoms in total. The first-order valence-corrected chi connectivity index (χ1v) is 12.9. The first kappa shape index (κ1) is 25.8. The number of amides is 2. The molecule has 3 heterocycles. The highest BCUT2D eigenvalue weighted by atomic mass is 16.7. The molecule has 0 aliphatic carbocycles. The number of para-hydroxylation sites is 1. The topological polar surface area (TPSA) is 121 Å². The summed E-state index contributed by atoms with van der Waals surface area (Å²) in [4.78, 5) is 33.9. The van der Waals surface area contributed by atoms with Gasteiger partial charge in [-0.25, -0.2) is 4.68 Å². The van der Waals surface area contributed by atoms with Crippen molar-refractivity contribution < 1.29 is 23.8 Å². The molecule has 2 amide bonds. The number of carbonyl (C=O) groups excluding carboxylic acids is 2. The first-order valence-electron chi connectivity index (χ1n) is 12.9. The lowest BCUT2D eigenvalue weighted by Gasteiger charge is -2.31. The Morgan fingerprint density at radius 1 is 1.02 bits per heavy atom. The molecule has 2 aromatic heterocycles. The summed E-state index contributed by atoms with van der Waals surface area (Å²) in [7, 11) is 1.57. The molecule has 1 aliphatic heterocycles. The van der Waals surface area contributed by atoms with Gasteiger partial charge in [0.1, 0.15) is 23.9 Å². The zero-order chi connectivity index (χ0) is 28.2. The van der Waals surface area contributed by atoms with E-state index in [-0.39, 0.29) is 25.8 Å². The third-order valence-electron chi connectivity index (χ3n) is 6.73. The summed E-state index contributed by atoms with van der Waals surface area (Å²) in [6.07, 6.45) is 3.33. The minimum Gasteiger partial charge on any atom is -0.497 e. The molecule has 1 N–H and O–H groups in total. The van der Waals surface area contributed by atoms with E-state index in [1.54, 1.807) is 68.0 Å². The fourth-order valence-corrected chi connectivity index (χ4v) is 4.71. The van der Waals surface area contributed by atoms with Crippen LogP contribution in [0, 0.1) is 0 Å². The van der Waals surface area contributed by atoms with E-state index >= 15 is 0 Å². The molecule has 0 saturated carbocycles. The zero-order valence-electron chi connectivity index (χ0n) is 22.1. The lowest BCUT2D eigenvalue weighted by molar-refractivity contribution is -0.140. The predicted octanol–water partition coefficient (Wildman–Crippen LogP) is 3.97. The van der Waals surface area contributed by atoms with Gasteiger partial charge in [-0.3, -0.25) is 14.6 Å². The number of rotatable bonds is 9. The van der Waals surface area contributed by atoms with Crippen molar-refractivity contribution in [2.24, 2.45) is 0 Å². The highest BCUT2D eigenvalue weighted by molar-refractivity contribution is 5.98. The van der Waals surface area contributed by atoms with Crippen molar-refractivity contribution in [2.75, 3.05) is 19.2 Å². The molecule has 6 rings (SSSR count). The lowest BCUT2D eigenvalue weighted by Crippen LogP contribution is -2.42. The summed E-state index contributed by atoms with van der Waals surface area (Å²) < 4.78 is 17.9. The summed E-state index contributed by atoms with van der Waals surface area (Å²) in [6, 6.07) is 22.2. The molecule has 1 atom stereocenters. The molecule has 0 bridgehead atoms. The number of fused-ring (bicyclic) bond motifs is 2. The van der Waals surface area contributed by atoms with Gasteiger partial charge in [-0.2, -0.15) is 0 Å². The second kappa shape index (κ2) is 11.3. The van der Waals surface area contributed by atoms with Crippen LogP contribution in [0.25, 0.3) is 11.0 Å². The number of pyridine rings is 1. The minimum absolute atomic E-state index is 0.0825. The van der Waals surface area contributed by atoms with Crippen molar-refractivity contribution in [3.8, 4) is 17.2 Å². The van der Waals surface area contributed by atoms with Crippen LogP contribution < -0.4 is 19.5 Å². The van der Waals surface area contributed by atoms with Crippen LogP contribution in [-0.2, 0) is 22.7 Å². The maximum atomic E-state index is 14.1. The smallest absolute Gasteiger partial charge is 0.251 e. The van der Waals surface area contributed by atoms with Crippen molar-refractivity contribution in [2.45, 2.75) is 19.1 Å². The van der Waals surface area contributed by atoms with E-state index in [0.717, 1.165) is 5.56 Å². The van der Waals surface area contributed by atoms with E-state index in [2.05, 4.69) is 20.6 Å². The molecular formula is C30H26N6O5. The fourth-order valence-electron chi connectivity index (χ4n) is 4.71. The Morgan fingerprint density at radius 2 is 1.85 bits per heavy atom. The molecule has 0 fully saturated rings. The number of carbonyl (C=O) groups is 2. The summed E-state index contributed by atoms with van der Waals surface area (Å²) in [6.45, 7) is 0.0747. The van der Waals surface area contributed by atoms with Gasteiger partial charge in [-0.1, -0.05) is 29.5 Å². The Hall–Kier alpha value is -5.45. The Labute approximate surface area is 235 Å². The SMILES string of the molecule is COc1ccc(NC(=O)[C@H](c2ccc3c(c2)OCO3)N(Cc2cccnc2)C(=O)Cn2nnc3ccccc32)cc1. The number of aromatic nitrogens is 4. The molecule has 206 valence electrons. The average Bonchev–Trinajstić information content (AvgIpc) is 3.64. The van der Waals surface area contributed by atoms with E-state index < -0.39 is 11.9 Å². The van der Waals surface area contributed by atoms with Crippen LogP contribution in [-0.4, -0.2) is 50.6 Å². The third-order valence-corrected chi connectivity index (χ3v) is 6.73. The second-order valence-corrected chi connectivity index (χ2v) is 9.35. The zero-order valence-corrected chi connectivity index (χ0v) is 22.1. The van der Waals surface area contributed by atoms with E-state index in [9.17, 15) is 9.59 Å². The Kier molecular flexibility index (Phi) is 7.14. The van der Waals surface area contributed by atoms with Gasteiger partial charge in [0, 0.05) is 24.6 Å². The number of nitrogens with one attached hydrogen (secondary N) is 1. The molecule has 0 radical (unpaired) electrons. The van der Waals surface area contributed by atoms with Crippen molar-refractivity contribution in [3.05, 3.63) is 102 Å². The molecule has 1 aliphatic rings. The van der Waals surface area contributed by atoms with Gasteiger partial charge >= 0.3 is 0 Å². The van der Waals surface area contributed by atoms with Gasteiger partial charge in [-0.15, -0.1) is 5.10 Å². The van der Waals surface area contributed by atoms with Crippen LogP contribution in [0.15, 0.2) is 91.3 Å². The summed E-state index contributed by atoms with van der Waals surface area (Å²) >= 11 is 0. The summed E-state index contributed by atoms with van der Waals surface area (Å²) in [5, 5.41) is 11.3. The van der Waals surface area contributed by atoms with Crippen molar-refractivity contribution >= 4 is 28.5 Å². The van der Waals surface area contributed by atoms with E-state index in [4.69, 9.17) is 14.2 Å². The number of ether oxygens (including phenoxy) is 3. The lowest BCUT2D eigenvalue weighted by atomic mass is 10.0. The maximum absolute atomic E-state index is 14.1. The predicted molar refractivity (Wildman–Crippen MR) is 149 cm³/mol. The Morgan fingerprint density at radius 3 is 2.66 bits per heavy atom. The molecule has 0 saturated heterocycles. The van der Waals surface area contributed by atoms with Crippen LogP contribution in [0.1, 0.15) is 17.2 Å². The molecule has 5 aromatic rings. The Balaban J connectivity index is 1.40. The van der Waals surface area contributed by atoms with E-state index in [0.29, 0.717) is 39.5 Å². The number of hydrogen-bond donors (Lipinski definition) is 1. The van der Waals surface area contributed by atoms with E-state index in [1.807, 2.05) is 30.3 Å². The van der Waals surface area contributed by atoms with Crippen molar-refractivity contribution in [3.63, 3.8) is 0 Å². The van der Waals surface area contributed by atoms with E-state index in [1.165, 1.54) is 9.58 Å². The van der Waals surface area contributed by atoms with Crippen LogP contribution >= 0.6 is 0 Å². The molecule has 11 heteroatoms. The second-order valence-electron chi connectivity index (χ2n) is 9.35. The largest absolute Gasteiger partial charge is 0.497 e. The number of anilines is 1. The quantitative estimate of drug-likeness (QED) is 0.293. The van der Waals surface area contributed by atoms with Gasteiger partial charge in [0.15, 0.2) is 11.5 Å². The van der Waals surface area contributed by atoms with Crippen LogP contribution in [0.2, 0.25) is 0 Å². The summed E-state index contributed by atoms with van der Waals surface area (Å²) in [5.41, 5.74) is 3.25. The van der Waals surface area contributed by atoms with Gasteiger partial charge in [0.25, 0.3) is 5.91 Å². The summed E-state index contributed by atoms with van der Waals surface area (Å²) in [5.74, 6) is 0.985. The highest BCUT2D eigenvalue weighted by Crippen LogP contribution is 2.36. The highest BCUT2D eigenvalue weighted by Gasteiger charge is 2.33. The van der Waals surface area contributed by atoms with Crippen LogP contribution in [0.4, 0.5) is 5.69 Å². The first-order chi connectivity index (χ1) is 20.1. The van der Waals surface area contributed by atoms with Crippen LogP contribution in [0.3, 0.4) is 0 Å². The maximum Gasteiger partial charge on any atom is 0.251 e. The van der Waals surface area contributed by atoms with Crippen molar-refractivity contribution in [1.82, 2.24) is 24.9 Å². The Bertz CT molecular complexity index is 1690. The number of methoxy groups -OCH3 is 1. The van der Waals surface area contributed by atoms with Crippen molar-refractivity contribution in [1.29, 1.82) is 0 Å². The molecule has 3 aromatic carbocycles. The average molecular weight is 551 g/mol. The standard InChI is InChI=1S/C30H26N6O5/c1-39-23-11-9-22(10-12-23)32-30(38)29(21-8-13-26-27(15-21)41-19-40-26)35(17-20-5-4-14-31-16-20)28(37)18-36-25-7-3-2-6-24(25)33-34-36/h2-16,29H,17-19H2,1H3,(H,32,38)/t29-/m0/s1. The normalized spacial score (nSPS) is 12.6. The number of nitrogens with zero attached hydrogens (tertiary/aromatic N) is 5. The monoisotopic (exact) mass is 550 g/mol. The number of hydrogen-bond acceptors (Lipinski definition) is 8. The third kappa shape index (κ3) is 5.50. The van der Waals surface area contributed by atoms with Gasteiger partial charge in [-0.05, 0) is 65.7 Å². The molecule has 41 heavy (non-hydrogen) atoms. The fraction of sp³-hybridized carbons (Fsp3) is 0.167. The van der Waals surface area contributed by atoms with Gasteiger partial charge < -0.3 is 24.4 Å². The molecular weight excluding hydrogens is 524 g/mol. The van der Waals surface area contributed by atoms with Gasteiger partial charge in [0.2, 0.25) is 12.7 Å². The number of benzene rings is 3.